The first-order valence-electron chi connectivity index (χ1n) is 4.11. The fourth-order valence-corrected chi connectivity index (χ4v) is 1.08. The first kappa shape index (κ1) is 10.4. The van der Waals surface area contributed by atoms with E-state index in [0.29, 0.717) is 0 Å². The van der Waals surface area contributed by atoms with Gasteiger partial charge in [-0.05, 0) is 6.92 Å². The maximum absolute atomic E-state index is 11.4. The number of carbonyl (C=O) groups is 3. The summed E-state index contributed by atoms with van der Waals surface area (Å²) in [5, 5.41) is 0. The van der Waals surface area contributed by atoms with Gasteiger partial charge >= 0.3 is 11.9 Å². The molecule has 76 valence electrons. The molecule has 5 heteroatoms. The van der Waals surface area contributed by atoms with Crippen molar-refractivity contribution in [2.75, 3.05) is 6.61 Å². The third-order valence-electron chi connectivity index (χ3n) is 1.75. The second-order valence-corrected chi connectivity index (χ2v) is 2.76. The van der Waals surface area contributed by atoms with E-state index in [1.807, 2.05) is 0 Å². The molecule has 1 fully saturated rings. The van der Waals surface area contributed by atoms with E-state index in [-0.39, 0.29) is 12.2 Å². The van der Waals surface area contributed by atoms with E-state index in [9.17, 15) is 14.4 Å². The summed E-state index contributed by atoms with van der Waals surface area (Å²) >= 11 is 0. The van der Waals surface area contributed by atoms with Crippen molar-refractivity contribution in [3.8, 4) is 0 Å². The largest absolute Gasteiger partial charge is 0.461 e. The second kappa shape index (κ2) is 4.04. The zero-order chi connectivity index (χ0) is 10.7. The molecule has 0 bridgehead atoms. The number of carbonyl (C=O) groups excluding carboxylic acids is 3. The van der Waals surface area contributed by atoms with Gasteiger partial charge in [0.25, 0.3) is 0 Å². The number of hydrogen-bond acceptors (Lipinski definition) is 5. The summed E-state index contributed by atoms with van der Waals surface area (Å²) in [6.45, 7) is 2.58. The normalized spacial score (nSPS) is 23.9. The van der Waals surface area contributed by atoms with Crippen LogP contribution in [-0.2, 0) is 23.9 Å². The lowest BCUT2D eigenvalue weighted by atomic mass is 10.1. The van der Waals surface area contributed by atoms with Crippen molar-refractivity contribution in [2.45, 2.75) is 20.0 Å². The molecule has 0 spiro atoms. The quantitative estimate of drug-likeness (QED) is 0.354. The van der Waals surface area contributed by atoms with Crippen LogP contribution in [0.5, 0.6) is 0 Å². The summed E-state index contributed by atoms with van der Waals surface area (Å²) < 4.78 is 9.27. The van der Waals surface area contributed by atoms with E-state index in [4.69, 9.17) is 4.74 Å². The molecule has 0 N–H and O–H groups in total. The molecule has 1 rings (SSSR count). The third kappa shape index (κ3) is 1.99. The van der Waals surface area contributed by atoms with Crippen LogP contribution in [-0.4, -0.2) is 30.4 Å². The Hall–Kier alpha value is -1.65. The van der Waals surface area contributed by atoms with Crippen LogP contribution in [0.2, 0.25) is 0 Å². The molecule has 1 atom stereocenters. The lowest BCUT2D eigenvalue weighted by molar-refractivity contribution is -0.152. The van der Waals surface area contributed by atoms with E-state index in [2.05, 4.69) is 4.74 Å². The molecule has 1 heterocycles. The molecule has 0 saturated carbocycles. The highest BCUT2D eigenvalue weighted by molar-refractivity contribution is 6.23. The molecule has 5 nitrogen and oxygen atoms in total. The Morgan fingerprint density at radius 1 is 1.57 bits per heavy atom. The number of rotatable bonds is 2. The standard InChI is InChI=1S/C9H10O5/c1-3-6-8(11)7(14-9(6)12)4-13-5(2)10/h3,7H,4H2,1-2H3/b6-3+. The van der Waals surface area contributed by atoms with Crippen molar-refractivity contribution in [1.82, 2.24) is 0 Å². The highest BCUT2D eigenvalue weighted by Gasteiger charge is 2.38. The maximum Gasteiger partial charge on any atom is 0.342 e. The van der Waals surface area contributed by atoms with Gasteiger partial charge in [0.2, 0.25) is 5.78 Å². The van der Waals surface area contributed by atoms with E-state index >= 15 is 0 Å². The number of ether oxygens (including phenoxy) is 2. The highest BCUT2D eigenvalue weighted by atomic mass is 16.6. The molecule has 0 aromatic carbocycles. The van der Waals surface area contributed by atoms with Gasteiger partial charge in [-0.25, -0.2) is 4.79 Å². The average Bonchev–Trinajstić information content (AvgIpc) is 2.38. The lowest BCUT2D eigenvalue weighted by Gasteiger charge is -2.06. The Kier molecular flexibility index (Phi) is 3.01. The van der Waals surface area contributed by atoms with Gasteiger partial charge in [-0.1, -0.05) is 6.08 Å². The molecule has 0 radical (unpaired) electrons. The number of hydrogen-bond donors (Lipinski definition) is 0. The Morgan fingerprint density at radius 3 is 2.64 bits per heavy atom. The Bertz CT molecular complexity index is 315. The SMILES string of the molecule is C/C=C1/C(=O)OC(COC(C)=O)C1=O. The van der Waals surface area contributed by atoms with Crippen LogP contribution >= 0.6 is 0 Å². The molecule has 14 heavy (non-hydrogen) atoms. The fourth-order valence-electron chi connectivity index (χ4n) is 1.08. The van der Waals surface area contributed by atoms with Crippen molar-refractivity contribution in [3.63, 3.8) is 0 Å². The smallest absolute Gasteiger partial charge is 0.342 e. The van der Waals surface area contributed by atoms with Crippen LogP contribution in [0.3, 0.4) is 0 Å². The lowest BCUT2D eigenvalue weighted by Crippen LogP contribution is -2.24. The maximum atomic E-state index is 11.4. The van der Waals surface area contributed by atoms with Gasteiger partial charge in [0.15, 0.2) is 6.10 Å². The first-order chi connectivity index (χ1) is 6.56. The predicted octanol–water partition coefficient (Wildman–Crippen LogP) is -0.00970. The van der Waals surface area contributed by atoms with Crippen molar-refractivity contribution < 1.29 is 23.9 Å². The Balaban J connectivity index is 2.63. The van der Waals surface area contributed by atoms with Gasteiger partial charge in [-0.2, -0.15) is 0 Å². The van der Waals surface area contributed by atoms with Crippen LogP contribution in [0.1, 0.15) is 13.8 Å². The molecular formula is C9H10O5. The molecule has 1 aliphatic rings. The zero-order valence-electron chi connectivity index (χ0n) is 7.90. The highest BCUT2D eigenvalue weighted by Crippen LogP contribution is 2.16. The summed E-state index contributed by atoms with van der Waals surface area (Å²) in [5.41, 5.74) is 0.0159. The minimum absolute atomic E-state index is 0.0159. The average molecular weight is 198 g/mol. The summed E-state index contributed by atoms with van der Waals surface area (Å²) in [6, 6.07) is 0. The fraction of sp³-hybridized carbons (Fsp3) is 0.444. The van der Waals surface area contributed by atoms with Gasteiger partial charge < -0.3 is 9.47 Å². The molecule has 1 unspecified atom stereocenters. The minimum atomic E-state index is -0.974. The molecule has 0 aromatic heterocycles. The topological polar surface area (TPSA) is 69.7 Å². The predicted molar refractivity (Wildman–Crippen MR) is 45.3 cm³/mol. The van der Waals surface area contributed by atoms with Gasteiger partial charge in [-0.15, -0.1) is 0 Å². The number of cyclic esters (lactones) is 1. The van der Waals surface area contributed by atoms with Crippen LogP contribution in [0.25, 0.3) is 0 Å². The van der Waals surface area contributed by atoms with Crippen LogP contribution in [0, 0.1) is 0 Å². The first-order valence-corrected chi connectivity index (χ1v) is 4.11. The van der Waals surface area contributed by atoms with Crippen molar-refractivity contribution in [3.05, 3.63) is 11.6 Å². The molecular weight excluding hydrogens is 188 g/mol. The molecule has 0 aliphatic carbocycles. The monoisotopic (exact) mass is 198 g/mol. The molecule has 1 saturated heterocycles. The van der Waals surface area contributed by atoms with Crippen LogP contribution in [0.4, 0.5) is 0 Å². The summed E-state index contributed by atoms with van der Waals surface area (Å²) in [4.78, 5) is 32.8. The van der Waals surface area contributed by atoms with Gasteiger partial charge in [0.05, 0.1) is 0 Å². The summed E-state index contributed by atoms with van der Waals surface area (Å²) in [5.74, 6) is -1.60. The molecule has 0 aromatic rings. The van der Waals surface area contributed by atoms with E-state index in [0.717, 1.165) is 0 Å². The summed E-state index contributed by atoms with van der Waals surface area (Å²) in [6.07, 6.45) is 0.413. The number of allylic oxidation sites excluding steroid dienone is 1. The zero-order valence-corrected chi connectivity index (χ0v) is 7.90. The van der Waals surface area contributed by atoms with Crippen LogP contribution < -0.4 is 0 Å². The Labute approximate surface area is 80.7 Å². The van der Waals surface area contributed by atoms with Gasteiger partial charge in [-0.3, -0.25) is 9.59 Å². The number of esters is 2. The van der Waals surface area contributed by atoms with E-state index in [1.165, 1.54) is 13.0 Å². The van der Waals surface area contributed by atoms with Gasteiger partial charge in [0.1, 0.15) is 12.2 Å². The minimum Gasteiger partial charge on any atom is -0.461 e. The van der Waals surface area contributed by atoms with Crippen molar-refractivity contribution in [1.29, 1.82) is 0 Å². The van der Waals surface area contributed by atoms with Crippen molar-refractivity contribution in [2.24, 2.45) is 0 Å². The van der Waals surface area contributed by atoms with E-state index < -0.39 is 23.8 Å². The van der Waals surface area contributed by atoms with E-state index in [1.54, 1.807) is 6.92 Å². The van der Waals surface area contributed by atoms with Crippen LogP contribution in [0.15, 0.2) is 11.6 Å². The molecule has 1 aliphatic heterocycles. The second-order valence-electron chi connectivity index (χ2n) is 2.76. The molecule has 0 amide bonds. The van der Waals surface area contributed by atoms with Crippen molar-refractivity contribution >= 4 is 17.7 Å². The third-order valence-corrected chi connectivity index (χ3v) is 1.75. The number of Topliss-reactive ketones (excluding diaryl/α,β-unsaturated/α-hetero) is 1. The number of ketones is 1. The van der Waals surface area contributed by atoms with Gasteiger partial charge in [0, 0.05) is 6.92 Å². The Morgan fingerprint density at radius 2 is 2.21 bits per heavy atom. The summed E-state index contributed by atoms with van der Waals surface area (Å²) in [7, 11) is 0.